The van der Waals surface area contributed by atoms with E-state index in [4.69, 9.17) is 0 Å². The van der Waals surface area contributed by atoms with Gasteiger partial charge < -0.3 is 0 Å². The molecule has 26 heavy (non-hydrogen) atoms. The molecule has 4 heterocycles. The molecule has 0 atom stereocenters. The molecule has 0 radical (unpaired) electrons. The Morgan fingerprint density at radius 1 is 1.31 bits per heavy atom. The SMILES string of the molecule is O=c1cc(CSc2nnc(-c3cccnc3)n2C2CC2)nc2sccn12. The molecule has 0 spiro atoms. The van der Waals surface area contributed by atoms with Crippen LogP contribution in [-0.2, 0) is 5.75 Å². The van der Waals surface area contributed by atoms with Gasteiger partial charge in [-0.25, -0.2) is 4.98 Å². The van der Waals surface area contributed by atoms with Gasteiger partial charge in [-0.15, -0.1) is 21.5 Å². The van der Waals surface area contributed by atoms with E-state index >= 15 is 0 Å². The monoisotopic (exact) mass is 382 g/mol. The van der Waals surface area contributed by atoms with Crippen LogP contribution in [0.1, 0.15) is 24.6 Å². The normalized spacial score (nSPS) is 14.2. The smallest absolute Gasteiger partial charge is 0.258 e. The van der Waals surface area contributed by atoms with Crippen LogP contribution in [0.5, 0.6) is 0 Å². The van der Waals surface area contributed by atoms with E-state index in [2.05, 4.69) is 24.7 Å². The molecule has 0 aliphatic heterocycles. The summed E-state index contributed by atoms with van der Waals surface area (Å²) >= 11 is 3.03. The van der Waals surface area contributed by atoms with E-state index in [1.165, 1.54) is 11.3 Å². The van der Waals surface area contributed by atoms with Crippen LogP contribution in [0.15, 0.2) is 52.1 Å². The molecule has 1 saturated carbocycles. The number of hydrogen-bond donors (Lipinski definition) is 0. The van der Waals surface area contributed by atoms with Gasteiger partial charge in [-0.2, -0.15) is 0 Å². The zero-order chi connectivity index (χ0) is 17.5. The van der Waals surface area contributed by atoms with Crippen molar-refractivity contribution in [1.82, 2.24) is 29.1 Å². The average molecular weight is 382 g/mol. The first-order valence-corrected chi connectivity index (χ1v) is 10.1. The van der Waals surface area contributed by atoms with Crippen LogP contribution in [0.4, 0.5) is 0 Å². The lowest BCUT2D eigenvalue weighted by Gasteiger charge is -2.08. The first-order valence-electron chi connectivity index (χ1n) is 8.23. The first-order chi connectivity index (χ1) is 12.8. The number of nitrogens with zero attached hydrogens (tertiary/aromatic N) is 6. The van der Waals surface area contributed by atoms with Gasteiger partial charge in [0.2, 0.25) is 0 Å². The summed E-state index contributed by atoms with van der Waals surface area (Å²) in [7, 11) is 0. The Bertz CT molecular complexity index is 1130. The number of hydrogen-bond acceptors (Lipinski definition) is 7. The zero-order valence-electron chi connectivity index (χ0n) is 13.6. The van der Waals surface area contributed by atoms with Crippen LogP contribution >= 0.6 is 23.1 Å². The summed E-state index contributed by atoms with van der Waals surface area (Å²) in [6.45, 7) is 0. The molecule has 9 heteroatoms. The molecular formula is C17H14N6OS2. The van der Waals surface area contributed by atoms with E-state index in [1.54, 1.807) is 34.6 Å². The molecule has 130 valence electrons. The predicted octanol–water partition coefficient (Wildman–Crippen LogP) is 3.04. The van der Waals surface area contributed by atoms with Crippen molar-refractivity contribution >= 4 is 28.1 Å². The van der Waals surface area contributed by atoms with Crippen LogP contribution in [0, 0.1) is 0 Å². The summed E-state index contributed by atoms with van der Waals surface area (Å²) < 4.78 is 3.75. The largest absolute Gasteiger partial charge is 0.299 e. The van der Waals surface area contributed by atoms with E-state index in [0.29, 0.717) is 16.8 Å². The van der Waals surface area contributed by atoms with Crippen molar-refractivity contribution in [2.75, 3.05) is 0 Å². The van der Waals surface area contributed by atoms with Crippen molar-refractivity contribution in [2.24, 2.45) is 0 Å². The zero-order valence-corrected chi connectivity index (χ0v) is 15.3. The van der Waals surface area contributed by atoms with Crippen molar-refractivity contribution in [3.8, 4) is 11.4 Å². The fraction of sp³-hybridized carbons (Fsp3) is 0.235. The molecule has 4 aromatic heterocycles. The minimum Gasteiger partial charge on any atom is -0.299 e. The van der Waals surface area contributed by atoms with E-state index < -0.39 is 0 Å². The molecule has 1 aliphatic carbocycles. The maximum absolute atomic E-state index is 12.1. The van der Waals surface area contributed by atoms with Gasteiger partial charge in [-0.05, 0) is 25.0 Å². The van der Waals surface area contributed by atoms with Crippen LogP contribution in [0.25, 0.3) is 16.3 Å². The Labute approximate surface area is 156 Å². The van der Waals surface area contributed by atoms with E-state index in [1.807, 2.05) is 23.7 Å². The summed E-state index contributed by atoms with van der Waals surface area (Å²) in [5.74, 6) is 1.44. The van der Waals surface area contributed by atoms with Gasteiger partial charge >= 0.3 is 0 Å². The maximum atomic E-state index is 12.1. The average Bonchev–Trinajstić information content (AvgIpc) is 3.23. The Morgan fingerprint density at radius 3 is 3.04 bits per heavy atom. The fourth-order valence-electron chi connectivity index (χ4n) is 2.83. The van der Waals surface area contributed by atoms with Crippen molar-refractivity contribution in [2.45, 2.75) is 29.8 Å². The fourth-order valence-corrected chi connectivity index (χ4v) is 4.47. The third-order valence-electron chi connectivity index (χ3n) is 4.20. The van der Waals surface area contributed by atoms with Gasteiger partial charge in [0.05, 0.1) is 5.69 Å². The molecule has 0 N–H and O–H groups in total. The second-order valence-electron chi connectivity index (χ2n) is 6.08. The lowest BCUT2D eigenvalue weighted by Crippen LogP contribution is -2.12. The second kappa shape index (κ2) is 6.33. The molecule has 1 aliphatic rings. The van der Waals surface area contributed by atoms with Gasteiger partial charge in [0.1, 0.15) is 0 Å². The summed E-state index contributed by atoms with van der Waals surface area (Å²) in [5.41, 5.74) is 1.68. The predicted molar refractivity (Wildman–Crippen MR) is 100 cm³/mol. The summed E-state index contributed by atoms with van der Waals surface area (Å²) in [6.07, 6.45) is 7.59. The molecule has 4 aromatic rings. The van der Waals surface area contributed by atoms with Gasteiger partial charge in [0, 0.05) is 47.4 Å². The number of rotatable bonds is 5. The van der Waals surface area contributed by atoms with Gasteiger partial charge in [0.25, 0.3) is 5.56 Å². The second-order valence-corrected chi connectivity index (χ2v) is 7.89. The molecular weight excluding hydrogens is 368 g/mol. The topological polar surface area (TPSA) is 78.0 Å². The molecule has 0 unspecified atom stereocenters. The van der Waals surface area contributed by atoms with Crippen LogP contribution < -0.4 is 5.56 Å². The third kappa shape index (κ3) is 2.82. The van der Waals surface area contributed by atoms with E-state index in [-0.39, 0.29) is 5.56 Å². The van der Waals surface area contributed by atoms with E-state index in [9.17, 15) is 4.79 Å². The number of thiazole rings is 1. The Balaban J connectivity index is 1.45. The Kier molecular flexibility index (Phi) is 3.83. The van der Waals surface area contributed by atoms with Gasteiger partial charge in [-0.1, -0.05) is 11.8 Å². The number of aromatic nitrogens is 6. The van der Waals surface area contributed by atoms with Crippen molar-refractivity contribution in [1.29, 1.82) is 0 Å². The minimum atomic E-state index is -0.0495. The molecule has 5 rings (SSSR count). The molecule has 0 saturated heterocycles. The summed E-state index contributed by atoms with van der Waals surface area (Å²) in [5, 5.41) is 11.5. The highest BCUT2D eigenvalue weighted by atomic mass is 32.2. The number of fused-ring (bicyclic) bond motifs is 1. The minimum absolute atomic E-state index is 0.0495. The van der Waals surface area contributed by atoms with Gasteiger partial charge in [-0.3, -0.25) is 18.7 Å². The Hall–Kier alpha value is -2.52. The highest BCUT2D eigenvalue weighted by Crippen LogP contribution is 2.41. The van der Waals surface area contributed by atoms with Crippen molar-refractivity contribution < 1.29 is 0 Å². The first kappa shape index (κ1) is 15.7. The van der Waals surface area contributed by atoms with Crippen molar-refractivity contribution in [3.63, 3.8) is 0 Å². The highest BCUT2D eigenvalue weighted by Gasteiger charge is 2.30. The summed E-state index contributed by atoms with van der Waals surface area (Å²) in [6, 6.07) is 5.94. The van der Waals surface area contributed by atoms with Crippen LogP contribution in [0.3, 0.4) is 0 Å². The highest BCUT2D eigenvalue weighted by molar-refractivity contribution is 7.98. The lowest BCUT2D eigenvalue weighted by atomic mass is 10.3. The lowest BCUT2D eigenvalue weighted by molar-refractivity contribution is 0.669. The van der Waals surface area contributed by atoms with Crippen molar-refractivity contribution in [3.05, 3.63) is 58.2 Å². The molecule has 7 nitrogen and oxygen atoms in total. The molecule has 0 aromatic carbocycles. The van der Waals surface area contributed by atoms with Crippen LogP contribution in [0.2, 0.25) is 0 Å². The van der Waals surface area contributed by atoms with Gasteiger partial charge in [0.15, 0.2) is 15.9 Å². The Morgan fingerprint density at radius 2 is 2.23 bits per heavy atom. The molecule has 0 bridgehead atoms. The third-order valence-corrected chi connectivity index (χ3v) is 5.93. The number of thioether (sulfide) groups is 1. The molecule has 0 amide bonds. The summed E-state index contributed by atoms with van der Waals surface area (Å²) in [4.78, 5) is 21.6. The van der Waals surface area contributed by atoms with Crippen LogP contribution in [-0.4, -0.2) is 29.1 Å². The number of pyridine rings is 1. The molecule has 1 fully saturated rings. The quantitative estimate of drug-likeness (QED) is 0.494. The maximum Gasteiger partial charge on any atom is 0.258 e. The standard InChI is InChI=1S/C17H14N6OS2/c24-14-8-12(19-16-22(14)6-7-25-16)10-26-17-21-20-15(23(17)13-3-4-13)11-2-1-5-18-9-11/h1-2,5-9,13H,3-4,10H2. The van der Waals surface area contributed by atoms with E-state index in [0.717, 1.165) is 35.1 Å².